The maximum atomic E-state index is 13.7. The number of hydrogen-bond acceptors (Lipinski definition) is 3. The van der Waals surface area contributed by atoms with Crippen LogP contribution < -0.4 is 11.1 Å². The van der Waals surface area contributed by atoms with E-state index in [9.17, 15) is 18.0 Å². The molecule has 0 spiro atoms. The predicted molar refractivity (Wildman–Crippen MR) is 100 cm³/mol. The average molecular weight is 388 g/mol. The normalized spacial score (nSPS) is 11.5. The Bertz CT molecular complexity index is 1010. The van der Waals surface area contributed by atoms with Gasteiger partial charge >= 0.3 is 6.18 Å². The molecule has 0 bridgehead atoms. The number of rotatable bonds is 4. The highest BCUT2D eigenvalue weighted by Crippen LogP contribution is 2.39. The van der Waals surface area contributed by atoms with Gasteiger partial charge in [-0.05, 0) is 37.6 Å². The Kier molecular flexibility index (Phi) is 5.24. The standard InChI is InChI=1S/C20H19F3N4O/c1-12-10-27(11-25-12)18-13(2)16(20(21,22)23)8-17(15(18)9-24)26-19(28)14-6-4-3-5-7-14/h3-8,10-11H,9,24H2,1-2H3,(H,26,28). The van der Waals surface area contributed by atoms with E-state index in [-0.39, 0.29) is 23.5 Å². The molecule has 0 aliphatic rings. The molecule has 3 rings (SSSR count). The van der Waals surface area contributed by atoms with Crippen LogP contribution in [0.5, 0.6) is 0 Å². The van der Waals surface area contributed by atoms with Crippen molar-refractivity contribution in [2.75, 3.05) is 5.32 Å². The lowest BCUT2D eigenvalue weighted by Crippen LogP contribution is -2.19. The lowest BCUT2D eigenvalue weighted by molar-refractivity contribution is -0.138. The molecule has 1 aromatic heterocycles. The zero-order valence-corrected chi connectivity index (χ0v) is 15.3. The van der Waals surface area contributed by atoms with E-state index in [1.165, 1.54) is 17.8 Å². The number of hydrogen-bond donors (Lipinski definition) is 2. The Balaban J connectivity index is 2.20. The summed E-state index contributed by atoms with van der Waals surface area (Å²) in [5.41, 5.74) is 6.72. The van der Waals surface area contributed by atoms with E-state index in [0.29, 0.717) is 16.8 Å². The summed E-state index contributed by atoms with van der Waals surface area (Å²) in [4.78, 5) is 16.6. The quantitative estimate of drug-likeness (QED) is 0.703. The van der Waals surface area contributed by atoms with Gasteiger partial charge in [-0.1, -0.05) is 18.2 Å². The summed E-state index contributed by atoms with van der Waals surface area (Å²) in [6, 6.07) is 9.19. The van der Waals surface area contributed by atoms with Crippen molar-refractivity contribution < 1.29 is 18.0 Å². The highest BCUT2D eigenvalue weighted by atomic mass is 19.4. The lowest BCUT2D eigenvalue weighted by Gasteiger charge is -2.22. The van der Waals surface area contributed by atoms with Gasteiger partial charge in [0.05, 0.1) is 23.3 Å². The molecule has 0 fully saturated rings. The molecule has 146 valence electrons. The second-order valence-corrected chi connectivity index (χ2v) is 6.37. The molecule has 0 aliphatic carbocycles. The second-order valence-electron chi connectivity index (χ2n) is 6.37. The Morgan fingerprint density at radius 3 is 2.43 bits per heavy atom. The van der Waals surface area contributed by atoms with Gasteiger partial charge in [0.2, 0.25) is 0 Å². The van der Waals surface area contributed by atoms with Gasteiger partial charge in [-0.15, -0.1) is 0 Å². The number of alkyl halides is 3. The Labute approximate surface area is 160 Å². The molecular weight excluding hydrogens is 369 g/mol. The lowest BCUT2D eigenvalue weighted by atomic mass is 9.98. The SMILES string of the molecule is Cc1cn(-c2c(C)c(C(F)(F)F)cc(NC(=O)c3ccccc3)c2CN)cn1. The van der Waals surface area contributed by atoms with E-state index in [2.05, 4.69) is 10.3 Å². The van der Waals surface area contributed by atoms with Crippen molar-refractivity contribution in [1.82, 2.24) is 9.55 Å². The Morgan fingerprint density at radius 1 is 1.21 bits per heavy atom. The highest BCUT2D eigenvalue weighted by Gasteiger charge is 2.35. The molecule has 0 aliphatic heterocycles. The van der Waals surface area contributed by atoms with Gasteiger partial charge < -0.3 is 15.6 Å². The number of nitrogens with two attached hydrogens (primary N) is 1. The van der Waals surface area contributed by atoms with Gasteiger partial charge in [-0.25, -0.2) is 4.98 Å². The number of anilines is 1. The van der Waals surface area contributed by atoms with Gasteiger partial charge in [0, 0.05) is 29.6 Å². The average Bonchev–Trinajstić information content (AvgIpc) is 3.08. The molecule has 8 heteroatoms. The first-order valence-electron chi connectivity index (χ1n) is 8.53. The van der Waals surface area contributed by atoms with Crippen LogP contribution >= 0.6 is 0 Å². The van der Waals surface area contributed by atoms with Crippen molar-refractivity contribution in [3.8, 4) is 5.69 Å². The monoisotopic (exact) mass is 388 g/mol. The number of benzene rings is 2. The number of aryl methyl sites for hydroxylation is 1. The Hall–Kier alpha value is -3.13. The number of nitrogens with one attached hydrogen (secondary N) is 1. The van der Waals surface area contributed by atoms with E-state index >= 15 is 0 Å². The first kappa shape index (κ1) is 19.6. The van der Waals surface area contributed by atoms with Crippen LogP contribution in [-0.4, -0.2) is 15.5 Å². The van der Waals surface area contributed by atoms with Gasteiger partial charge in [-0.3, -0.25) is 4.79 Å². The first-order valence-corrected chi connectivity index (χ1v) is 8.53. The van der Waals surface area contributed by atoms with Crippen LogP contribution in [0.3, 0.4) is 0 Å². The topological polar surface area (TPSA) is 72.9 Å². The molecule has 0 radical (unpaired) electrons. The third-order valence-electron chi connectivity index (χ3n) is 4.42. The molecule has 5 nitrogen and oxygen atoms in total. The fraction of sp³-hybridized carbons (Fsp3) is 0.200. The summed E-state index contributed by atoms with van der Waals surface area (Å²) in [7, 11) is 0. The van der Waals surface area contributed by atoms with Crippen molar-refractivity contribution in [2.24, 2.45) is 5.73 Å². The summed E-state index contributed by atoms with van der Waals surface area (Å²) in [5, 5.41) is 2.58. The second kappa shape index (κ2) is 7.47. The number of carbonyl (C=O) groups is 1. The third-order valence-corrected chi connectivity index (χ3v) is 4.42. The molecule has 0 saturated heterocycles. The van der Waals surface area contributed by atoms with Crippen LogP contribution in [0.15, 0.2) is 48.9 Å². The maximum absolute atomic E-state index is 13.7. The van der Waals surface area contributed by atoms with Crippen LogP contribution in [-0.2, 0) is 12.7 Å². The summed E-state index contributed by atoms with van der Waals surface area (Å²) in [6.07, 6.45) is -1.54. The summed E-state index contributed by atoms with van der Waals surface area (Å²) in [6.45, 7) is 3.06. The summed E-state index contributed by atoms with van der Waals surface area (Å²) in [5.74, 6) is -0.514. The van der Waals surface area contributed by atoms with Crippen molar-refractivity contribution in [3.05, 3.63) is 76.9 Å². The van der Waals surface area contributed by atoms with E-state index in [1.807, 2.05) is 0 Å². The third kappa shape index (κ3) is 3.77. The van der Waals surface area contributed by atoms with Crippen LogP contribution in [0, 0.1) is 13.8 Å². The number of carbonyl (C=O) groups excluding carboxylic acids is 1. The molecule has 3 aromatic rings. The highest BCUT2D eigenvalue weighted by molar-refractivity contribution is 6.05. The van der Waals surface area contributed by atoms with Crippen LogP contribution in [0.1, 0.15) is 32.7 Å². The van der Waals surface area contributed by atoms with Gasteiger partial charge in [0.1, 0.15) is 0 Å². The van der Waals surface area contributed by atoms with Crippen molar-refractivity contribution in [1.29, 1.82) is 0 Å². The fourth-order valence-electron chi connectivity index (χ4n) is 3.11. The number of aromatic nitrogens is 2. The molecule has 28 heavy (non-hydrogen) atoms. The number of amides is 1. The van der Waals surface area contributed by atoms with E-state index in [0.717, 1.165) is 6.07 Å². The summed E-state index contributed by atoms with van der Waals surface area (Å²) >= 11 is 0. The zero-order valence-electron chi connectivity index (χ0n) is 15.3. The predicted octanol–water partition coefficient (Wildman–Crippen LogP) is 4.22. The van der Waals surface area contributed by atoms with Crippen LogP contribution in [0.25, 0.3) is 5.69 Å². The molecule has 0 saturated carbocycles. The van der Waals surface area contributed by atoms with E-state index in [1.54, 1.807) is 43.5 Å². The molecule has 1 heterocycles. The molecule has 3 N–H and O–H groups in total. The zero-order chi connectivity index (χ0) is 20.5. The van der Waals surface area contributed by atoms with Crippen molar-refractivity contribution in [3.63, 3.8) is 0 Å². The Morgan fingerprint density at radius 2 is 1.89 bits per heavy atom. The summed E-state index contributed by atoms with van der Waals surface area (Å²) < 4.78 is 42.5. The minimum atomic E-state index is -4.59. The number of halogens is 3. The van der Waals surface area contributed by atoms with Crippen molar-refractivity contribution >= 4 is 11.6 Å². The number of nitrogens with zero attached hydrogens (tertiary/aromatic N) is 2. The van der Waals surface area contributed by atoms with Crippen molar-refractivity contribution in [2.45, 2.75) is 26.6 Å². The van der Waals surface area contributed by atoms with Gasteiger partial charge in [-0.2, -0.15) is 13.2 Å². The molecule has 2 aromatic carbocycles. The molecule has 1 amide bonds. The van der Waals surface area contributed by atoms with Gasteiger partial charge in [0.15, 0.2) is 0 Å². The minimum absolute atomic E-state index is 0.0167. The van der Waals surface area contributed by atoms with Gasteiger partial charge in [0.25, 0.3) is 5.91 Å². The fourth-order valence-corrected chi connectivity index (χ4v) is 3.11. The first-order chi connectivity index (χ1) is 13.2. The smallest absolute Gasteiger partial charge is 0.326 e. The largest absolute Gasteiger partial charge is 0.416 e. The van der Waals surface area contributed by atoms with E-state index in [4.69, 9.17) is 5.73 Å². The maximum Gasteiger partial charge on any atom is 0.416 e. The van der Waals surface area contributed by atoms with Crippen LogP contribution in [0.4, 0.5) is 18.9 Å². The molecule has 0 atom stereocenters. The number of imidazole rings is 1. The molecule has 0 unspecified atom stereocenters. The molecular formula is C20H19F3N4O. The van der Waals surface area contributed by atoms with E-state index < -0.39 is 17.6 Å². The van der Waals surface area contributed by atoms with Crippen LogP contribution in [0.2, 0.25) is 0 Å². The minimum Gasteiger partial charge on any atom is -0.326 e.